The summed E-state index contributed by atoms with van der Waals surface area (Å²) >= 11 is 0. The van der Waals surface area contributed by atoms with Crippen LogP contribution in [0.15, 0.2) is 83.8 Å². The van der Waals surface area contributed by atoms with Crippen molar-refractivity contribution in [3.05, 3.63) is 100 Å². The second kappa shape index (κ2) is 8.76. The van der Waals surface area contributed by atoms with E-state index in [0.717, 1.165) is 21.5 Å². The van der Waals surface area contributed by atoms with Gasteiger partial charge in [0, 0.05) is 17.7 Å². The van der Waals surface area contributed by atoms with E-state index in [2.05, 4.69) is 5.32 Å². The molecule has 0 saturated carbocycles. The van der Waals surface area contributed by atoms with Crippen LogP contribution < -0.4 is 5.32 Å². The second-order valence-corrected chi connectivity index (χ2v) is 9.89. The summed E-state index contributed by atoms with van der Waals surface area (Å²) in [4.78, 5) is 23.6. The number of anilines is 1. The van der Waals surface area contributed by atoms with Crippen LogP contribution in [-0.4, -0.2) is 29.6 Å². The van der Waals surface area contributed by atoms with Crippen molar-refractivity contribution in [3.8, 4) is 0 Å². The Hall–Kier alpha value is -3.56. The number of para-hydroxylation sites is 2. The summed E-state index contributed by atoms with van der Waals surface area (Å²) in [6.45, 7) is 3.73. The second-order valence-electron chi connectivity index (χ2n) is 8.07. The maximum Gasteiger partial charge on any atom is 0.289 e. The third kappa shape index (κ3) is 4.12. The van der Waals surface area contributed by atoms with Crippen molar-refractivity contribution in [1.82, 2.24) is 4.31 Å². The SMILES string of the molecule is Cc1ccc([C@H]2[C@H](C)[C@H](C(=O)Nc3ccccc3)N2S(=O)(=O)c2ccccc2[N+](=O)[O-])cc1. The van der Waals surface area contributed by atoms with Crippen LogP contribution in [0.2, 0.25) is 0 Å². The zero-order chi connectivity index (χ0) is 23.8. The quantitative estimate of drug-likeness (QED) is 0.431. The third-order valence-electron chi connectivity index (χ3n) is 5.89. The van der Waals surface area contributed by atoms with Crippen molar-refractivity contribution in [3.63, 3.8) is 0 Å². The van der Waals surface area contributed by atoms with E-state index in [-0.39, 0.29) is 5.92 Å². The van der Waals surface area contributed by atoms with Gasteiger partial charge in [-0.2, -0.15) is 4.31 Å². The number of sulfonamides is 1. The van der Waals surface area contributed by atoms with Gasteiger partial charge in [-0.05, 0) is 30.7 Å². The fraction of sp³-hybridized carbons (Fsp3) is 0.208. The Kier molecular flexibility index (Phi) is 6.01. The highest BCUT2D eigenvalue weighted by molar-refractivity contribution is 7.89. The van der Waals surface area contributed by atoms with E-state index >= 15 is 0 Å². The van der Waals surface area contributed by atoms with Crippen molar-refractivity contribution in [1.29, 1.82) is 0 Å². The summed E-state index contributed by atoms with van der Waals surface area (Å²) < 4.78 is 28.6. The molecule has 33 heavy (non-hydrogen) atoms. The minimum atomic E-state index is -4.37. The van der Waals surface area contributed by atoms with Gasteiger partial charge < -0.3 is 5.32 Å². The Morgan fingerprint density at radius 2 is 1.58 bits per heavy atom. The first kappa shape index (κ1) is 22.6. The van der Waals surface area contributed by atoms with Gasteiger partial charge in [0.2, 0.25) is 5.91 Å². The summed E-state index contributed by atoms with van der Waals surface area (Å²) in [6.07, 6.45) is 0. The molecule has 4 rings (SSSR count). The van der Waals surface area contributed by atoms with E-state index in [9.17, 15) is 23.3 Å². The maximum absolute atomic E-state index is 13.7. The number of benzene rings is 3. The van der Waals surface area contributed by atoms with Crippen molar-refractivity contribution in [2.75, 3.05) is 5.32 Å². The summed E-state index contributed by atoms with van der Waals surface area (Å²) in [5, 5.41) is 14.3. The number of hydrogen-bond donors (Lipinski definition) is 1. The van der Waals surface area contributed by atoms with Gasteiger partial charge in [-0.1, -0.05) is 67.1 Å². The van der Waals surface area contributed by atoms with Crippen molar-refractivity contribution in [2.45, 2.75) is 30.8 Å². The van der Waals surface area contributed by atoms with Gasteiger partial charge in [-0.25, -0.2) is 8.42 Å². The molecule has 1 N–H and O–H groups in total. The van der Waals surface area contributed by atoms with Crippen LogP contribution in [0, 0.1) is 23.0 Å². The largest absolute Gasteiger partial charge is 0.325 e. The lowest BCUT2D eigenvalue weighted by molar-refractivity contribution is -0.387. The molecule has 1 heterocycles. The van der Waals surface area contributed by atoms with E-state index in [0.29, 0.717) is 5.69 Å². The molecule has 170 valence electrons. The highest BCUT2D eigenvalue weighted by Gasteiger charge is 2.57. The number of rotatable bonds is 6. The summed E-state index contributed by atoms with van der Waals surface area (Å²) in [7, 11) is -4.37. The number of nitro benzene ring substituents is 1. The Balaban J connectivity index is 1.78. The molecule has 3 atom stereocenters. The Labute approximate surface area is 192 Å². The van der Waals surface area contributed by atoms with Gasteiger partial charge in [0.1, 0.15) is 6.04 Å². The lowest BCUT2D eigenvalue weighted by atomic mass is 9.79. The topological polar surface area (TPSA) is 110 Å². The predicted molar refractivity (Wildman–Crippen MR) is 124 cm³/mol. The van der Waals surface area contributed by atoms with Crippen LogP contribution in [0.5, 0.6) is 0 Å². The standard InChI is InChI=1S/C24H23N3O5S/c1-16-12-14-18(15-13-16)22-17(2)23(24(28)25-19-8-4-3-5-9-19)26(22)33(31,32)21-11-7-6-10-20(21)27(29)30/h3-15,17,22-23H,1-2H3,(H,25,28)/t17-,22+,23+/m0/s1. The van der Waals surface area contributed by atoms with E-state index in [4.69, 9.17) is 0 Å². The summed E-state index contributed by atoms with van der Waals surface area (Å²) in [5.74, 6) is -0.840. The number of nitrogens with zero attached hydrogens (tertiary/aromatic N) is 2. The molecular formula is C24H23N3O5S. The van der Waals surface area contributed by atoms with Crippen LogP contribution in [0.4, 0.5) is 11.4 Å². The van der Waals surface area contributed by atoms with E-state index in [1.807, 2.05) is 38.1 Å². The average Bonchev–Trinajstić information content (AvgIpc) is 2.79. The number of nitro groups is 1. The lowest BCUT2D eigenvalue weighted by Crippen LogP contribution is -2.64. The molecule has 0 unspecified atom stereocenters. The molecule has 0 spiro atoms. The molecule has 8 nitrogen and oxygen atoms in total. The van der Waals surface area contributed by atoms with Crippen LogP contribution in [0.25, 0.3) is 0 Å². The van der Waals surface area contributed by atoms with Crippen LogP contribution >= 0.6 is 0 Å². The van der Waals surface area contributed by atoms with Crippen molar-refractivity contribution >= 4 is 27.3 Å². The lowest BCUT2D eigenvalue weighted by Gasteiger charge is -2.51. The zero-order valence-corrected chi connectivity index (χ0v) is 18.9. The fourth-order valence-electron chi connectivity index (χ4n) is 4.25. The van der Waals surface area contributed by atoms with Crippen LogP contribution in [0.3, 0.4) is 0 Å². The number of aryl methyl sites for hydroxylation is 1. The molecule has 0 aromatic heterocycles. The molecule has 3 aromatic rings. The van der Waals surface area contributed by atoms with Crippen molar-refractivity contribution < 1.29 is 18.1 Å². The average molecular weight is 466 g/mol. The number of amides is 1. The number of hydrogen-bond acceptors (Lipinski definition) is 5. The van der Waals surface area contributed by atoms with Gasteiger partial charge in [0.15, 0.2) is 4.90 Å². The molecule has 0 radical (unpaired) electrons. The predicted octanol–water partition coefficient (Wildman–Crippen LogP) is 4.29. The molecule has 0 bridgehead atoms. The highest BCUT2D eigenvalue weighted by atomic mass is 32.2. The Morgan fingerprint density at radius 1 is 0.970 bits per heavy atom. The summed E-state index contributed by atoms with van der Waals surface area (Å²) in [6, 6.07) is 19.7. The van der Waals surface area contributed by atoms with Gasteiger partial charge in [-0.3, -0.25) is 14.9 Å². The van der Waals surface area contributed by atoms with Gasteiger partial charge in [0.25, 0.3) is 15.7 Å². The smallest absolute Gasteiger partial charge is 0.289 e. The Morgan fingerprint density at radius 3 is 2.21 bits per heavy atom. The normalized spacial score (nSPS) is 20.6. The van der Waals surface area contributed by atoms with Crippen molar-refractivity contribution in [2.24, 2.45) is 5.92 Å². The fourth-order valence-corrected chi connectivity index (χ4v) is 6.34. The first-order valence-corrected chi connectivity index (χ1v) is 11.9. The Bertz CT molecular complexity index is 1290. The van der Waals surface area contributed by atoms with E-state index in [1.165, 1.54) is 18.2 Å². The first-order valence-electron chi connectivity index (χ1n) is 10.4. The molecule has 1 fully saturated rings. The van der Waals surface area contributed by atoms with E-state index in [1.54, 1.807) is 30.3 Å². The molecule has 1 saturated heterocycles. The number of nitrogens with one attached hydrogen (secondary N) is 1. The van der Waals surface area contributed by atoms with Gasteiger partial charge in [0.05, 0.1) is 11.0 Å². The highest BCUT2D eigenvalue weighted by Crippen LogP contribution is 2.48. The van der Waals surface area contributed by atoms with Gasteiger partial charge >= 0.3 is 0 Å². The number of carbonyl (C=O) groups excluding carboxylic acids is 1. The molecule has 0 aliphatic carbocycles. The van der Waals surface area contributed by atoms with Gasteiger partial charge in [-0.15, -0.1) is 0 Å². The molecule has 1 aliphatic rings. The molecule has 1 amide bonds. The number of carbonyl (C=O) groups is 1. The first-order chi connectivity index (χ1) is 15.7. The maximum atomic E-state index is 13.7. The monoisotopic (exact) mass is 465 g/mol. The molecule has 1 aliphatic heterocycles. The minimum absolute atomic E-state index is 0.353. The van der Waals surface area contributed by atoms with Crippen LogP contribution in [-0.2, 0) is 14.8 Å². The zero-order valence-electron chi connectivity index (χ0n) is 18.1. The van der Waals surface area contributed by atoms with Crippen LogP contribution in [0.1, 0.15) is 24.1 Å². The third-order valence-corrected chi connectivity index (χ3v) is 7.80. The summed E-state index contributed by atoms with van der Waals surface area (Å²) in [5.41, 5.74) is 1.75. The van der Waals surface area contributed by atoms with E-state index < -0.39 is 43.5 Å². The molecule has 3 aromatic carbocycles. The minimum Gasteiger partial charge on any atom is -0.325 e. The molecular weight excluding hydrogens is 442 g/mol. The molecule has 9 heteroatoms.